The van der Waals surface area contributed by atoms with Crippen LogP contribution >= 0.6 is 0 Å². The highest BCUT2D eigenvalue weighted by Gasteiger charge is 2.23. The average Bonchev–Trinajstić information content (AvgIpc) is 3.56. The molecule has 246 valence electrons. The van der Waals surface area contributed by atoms with Gasteiger partial charge < -0.3 is 24.8 Å². The predicted molar refractivity (Wildman–Crippen MR) is 210 cm³/mol. The number of hydrogen-bond acceptors (Lipinski definition) is 5. The third-order valence-corrected chi connectivity index (χ3v) is 10.2. The molecule has 9 aromatic rings. The molecule has 5 heteroatoms. The van der Waals surface area contributed by atoms with E-state index in [-0.39, 0.29) is 11.1 Å². The molecule has 4 N–H and O–H groups in total. The monoisotopic (exact) mass is 664 g/mol. The van der Waals surface area contributed by atoms with Crippen LogP contribution in [0.4, 0.5) is 0 Å². The van der Waals surface area contributed by atoms with Gasteiger partial charge in [0.2, 0.25) is 5.76 Å². The van der Waals surface area contributed by atoms with Crippen molar-refractivity contribution in [2.75, 3.05) is 6.61 Å². The van der Waals surface area contributed by atoms with Crippen LogP contribution in [0.25, 0.3) is 92.9 Å². The fourth-order valence-electron chi connectivity index (χ4n) is 7.79. The van der Waals surface area contributed by atoms with Crippen LogP contribution < -0.4 is 0 Å². The largest absolute Gasteiger partial charge is 0.504 e. The Morgan fingerprint density at radius 3 is 1.78 bits per heavy atom. The second-order valence-electron chi connectivity index (χ2n) is 13.1. The van der Waals surface area contributed by atoms with E-state index in [1.165, 1.54) is 50.4 Å². The van der Waals surface area contributed by atoms with Crippen molar-refractivity contribution in [3.8, 4) is 22.3 Å². The smallest absolute Gasteiger partial charge is 0.200 e. The van der Waals surface area contributed by atoms with Gasteiger partial charge >= 0.3 is 0 Å². The number of allylic oxidation sites excluding steroid dienone is 1. The molecule has 0 spiro atoms. The van der Waals surface area contributed by atoms with Gasteiger partial charge in [-0.3, -0.25) is 0 Å². The quantitative estimate of drug-likeness (QED) is 0.0806. The van der Waals surface area contributed by atoms with Crippen molar-refractivity contribution in [3.05, 3.63) is 162 Å². The Labute approximate surface area is 292 Å². The van der Waals surface area contributed by atoms with Gasteiger partial charge in [0.05, 0.1) is 6.61 Å². The van der Waals surface area contributed by atoms with Gasteiger partial charge in [0.25, 0.3) is 0 Å². The number of fused-ring (bicyclic) bond motifs is 4. The van der Waals surface area contributed by atoms with Crippen molar-refractivity contribution < 1.29 is 24.8 Å². The molecule has 0 unspecified atom stereocenters. The van der Waals surface area contributed by atoms with Crippen molar-refractivity contribution in [2.45, 2.75) is 6.92 Å². The molecule has 0 saturated carbocycles. The molecule has 1 aromatic heterocycles. The standard InChI is InChI=1S/C46H32O5/c1-25(2)43(48)45(50)44(49)38(24-47)36-13-6-14-37-42-33(12-7-15-39(42)51-46(36)37)32-21-17-28-18-22-34-31(20-16-27-19-23-35(32)41(28)40(27)34)30-11-5-9-26-8-3-4-10-29(26)30/h3-23,47-50H,1,24H2,2H3/b44-38-,45-43-. The highest BCUT2D eigenvalue weighted by Crippen LogP contribution is 2.46. The number of aliphatic hydroxyl groups is 4. The summed E-state index contributed by atoms with van der Waals surface area (Å²) in [6, 6.07) is 44.1. The number of hydrogen-bond donors (Lipinski definition) is 4. The summed E-state index contributed by atoms with van der Waals surface area (Å²) < 4.78 is 6.46. The van der Waals surface area contributed by atoms with E-state index in [4.69, 9.17) is 4.42 Å². The van der Waals surface area contributed by atoms with Gasteiger partial charge in [0.15, 0.2) is 11.5 Å². The van der Waals surface area contributed by atoms with Crippen LogP contribution in [0.3, 0.4) is 0 Å². The molecule has 0 aliphatic rings. The van der Waals surface area contributed by atoms with E-state index in [0.29, 0.717) is 16.7 Å². The van der Waals surface area contributed by atoms with Crippen molar-refractivity contribution in [3.63, 3.8) is 0 Å². The van der Waals surface area contributed by atoms with E-state index in [2.05, 4.69) is 104 Å². The third kappa shape index (κ3) is 4.52. The van der Waals surface area contributed by atoms with E-state index in [1.54, 1.807) is 6.07 Å². The van der Waals surface area contributed by atoms with Crippen LogP contribution in [0, 0.1) is 0 Å². The first kappa shape index (κ1) is 30.5. The Morgan fingerprint density at radius 1 is 0.510 bits per heavy atom. The maximum absolute atomic E-state index is 11.0. The Kier molecular flexibility index (Phi) is 6.88. The van der Waals surface area contributed by atoms with E-state index in [9.17, 15) is 20.4 Å². The lowest BCUT2D eigenvalue weighted by atomic mass is 9.86. The highest BCUT2D eigenvalue weighted by molar-refractivity contribution is 6.29. The second-order valence-corrected chi connectivity index (χ2v) is 13.1. The molecule has 0 aliphatic heterocycles. The maximum atomic E-state index is 11.0. The molecule has 0 amide bonds. The first-order chi connectivity index (χ1) is 24.9. The molecule has 0 fully saturated rings. The van der Waals surface area contributed by atoms with E-state index in [1.807, 2.05) is 24.3 Å². The molecule has 0 atom stereocenters. The van der Waals surface area contributed by atoms with E-state index in [0.717, 1.165) is 32.7 Å². The summed E-state index contributed by atoms with van der Waals surface area (Å²) in [7, 11) is 0. The van der Waals surface area contributed by atoms with Crippen molar-refractivity contribution in [2.24, 2.45) is 0 Å². The topological polar surface area (TPSA) is 94.1 Å². The Bertz CT molecular complexity index is 2950. The van der Waals surface area contributed by atoms with Crippen LogP contribution in [0.5, 0.6) is 0 Å². The minimum absolute atomic E-state index is 0.0104. The zero-order valence-corrected chi connectivity index (χ0v) is 27.7. The summed E-state index contributed by atoms with van der Waals surface area (Å²) in [4.78, 5) is 0. The molecule has 9 rings (SSSR count). The number of benzene rings is 8. The molecule has 0 saturated heterocycles. The molecular formula is C46H32O5. The maximum Gasteiger partial charge on any atom is 0.200 e. The van der Waals surface area contributed by atoms with E-state index < -0.39 is 23.9 Å². The Morgan fingerprint density at radius 2 is 1.08 bits per heavy atom. The van der Waals surface area contributed by atoms with Crippen LogP contribution in [0.1, 0.15) is 12.5 Å². The zero-order chi connectivity index (χ0) is 35.0. The van der Waals surface area contributed by atoms with Crippen LogP contribution in [0.2, 0.25) is 0 Å². The lowest BCUT2D eigenvalue weighted by Gasteiger charge is -2.17. The predicted octanol–water partition coefficient (Wildman–Crippen LogP) is 12.1. The molecular weight excluding hydrogens is 633 g/mol. The minimum atomic E-state index is -0.766. The number of para-hydroxylation sites is 1. The van der Waals surface area contributed by atoms with Gasteiger partial charge in [-0.25, -0.2) is 0 Å². The van der Waals surface area contributed by atoms with Crippen LogP contribution in [0.15, 0.2) is 161 Å². The summed E-state index contributed by atoms with van der Waals surface area (Å²) in [6.45, 7) is 4.52. The number of furan rings is 1. The minimum Gasteiger partial charge on any atom is -0.504 e. The Hall–Kier alpha value is -6.56. The summed E-state index contributed by atoms with van der Waals surface area (Å²) in [5.41, 5.74) is 6.09. The molecule has 0 radical (unpaired) electrons. The van der Waals surface area contributed by atoms with Gasteiger partial charge in [0, 0.05) is 21.9 Å². The van der Waals surface area contributed by atoms with Crippen LogP contribution in [-0.2, 0) is 0 Å². The average molecular weight is 665 g/mol. The first-order valence-corrected chi connectivity index (χ1v) is 16.8. The first-order valence-electron chi connectivity index (χ1n) is 16.8. The molecule has 0 aliphatic carbocycles. The zero-order valence-electron chi connectivity index (χ0n) is 27.7. The fraction of sp³-hybridized carbons (Fsp3) is 0.0435. The Balaban J connectivity index is 1.30. The van der Waals surface area contributed by atoms with Gasteiger partial charge in [-0.15, -0.1) is 0 Å². The summed E-state index contributed by atoms with van der Waals surface area (Å²) >= 11 is 0. The van der Waals surface area contributed by atoms with Crippen molar-refractivity contribution >= 4 is 70.6 Å². The van der Waals surface area contributed by atoms with Gasteiger partial charge in [-0.1, -0.05) is 128 Å². The van der Waals surface area contributed by atoms with Crippen molar-refractivity contribution in [1.29, 1.82) is 0 Å². The fourth-order valence-corrected chi connectivity index (χ4v) is 7.79. The molecule has 0 bridgehead atoms. The van der Waals surface area contributed by atoms with Crippen LogP contribution in [-0.4, -0.2) is 27.0 Å². The summed E-state index contributed by atoms with van der Waals surface area (Å²) in [6.07, 6.45) is 0. The molecule has 1 heterocycles. The summed E-state index contributed by atoms with van der Waals surface area (Å²) in [5.74, 6) is -1.98. The van der Waals surface area contributed by atoms with Gasteiger partial charge in [-0.05, 0) is 83.9 Å². The highest BCUT2D eigenvalue weighted by atomic mass is 16.3. The van der Waals surface area contributed by atoms with Crippen molar-refractivity contribution in [1.82, 2.24) is 0 Å². The number of rotatable bonds is 6. The normalized spacial score (nSPS) is 13.1. The summed E-state index contributed by atoms with van der Waals surface area (Å²) in [5, 5.41) is 53.4. The van der Waals surface area contributed by atoms with Gasteiger partial charge in [-0.2, -0.15) is 0 Å². The third-order valence-electron chi connectivity index (χ3n) is 10.2. The lowest BCUT2D eigenvalue weighted by Crippen LogP contribution is -2.02. The SMILES string of the molecule is C=C(C)/C(O)=C(O)\C(O)=C(/CO)c1cccc2c1oc1cccc(-c3ccc4ccc5c(-c6cccc7ccccc67)ccc6ccc3c4c65)c12. The van der Waals surface area contributed by atoms with Gasteiger partial charge in [0.1, 0.15) is 11.2 Å². The molecule has 8 aromatic carbocycles. The van der Waals surface area contributed by atoms with E-state index >= 15 is 0 Å². The molecule has 51 heavy (non-hydrogen) atoms. The second kappa shape index (κ2) is 11.5. The number of aliphatic hydroxyl groups excluding tert-OH is 4. The molecule has 5 nitrogen and oxygen atoms in total. The lowest BCUT2D eigenvalue weighted by molar-refractivity contribution is 0.283.